The summed E-state index contributed by atoms with van der Waals surface area (Å²) in [7, 11) is 0. The van der Waals surface area contributed by atoms with Crippen LogP contribution in [0.1, 0.15) is 18.6 Å². The standard InChI is InChI=1S/C15H20N6/c1-11-10-20(14-4-6-16-12(2)18-14)8-9-21(11)15-5-7-17-13(3)19-15/h4-7,11H,8-10H2,1-3H3/t11-/m1/s1. The van der Waals surface area contributed by atoms with E-state index in [2.05, 4.69) is 36.7 Å². The van der Waals surface area contributed by atoms with Crippen molar-refractivity contribution >= 4 is 11.6 Å². The minimum absolute atomic E-state index is 0.378. The van der Waals surface area contributed by atoms with Crippen molar-refractivity contribution in [1.29, 1.82) is 0 Å². The van der Waals surface area contributed by atoms with Crippen molar-refractivity contribution in [3.05, 3.63) is 36.2 Å². The van der Waals surface area contributed by atoms with Crippen LogP contribution in [0.3, 0.4) is 0 Å². The van der Waals surface area contributed by atoms with E-state index in [1.807, 2.05) is 38.4 Å². The maximum Gasteiger partial charge on any atom is 0.132 e. The Labute approximate surface area is 124 Å². The summed E-state index contributed by atoms with van der Waals surface area (Å²) in [6.07, 6.45) is 3.65. The van der Waals surface area contributed by atoms with Gasteiger partial charge in [0.1, 0.15) is 23.3 Å². The van der Waals surface area contributed by atoms with Gasteiger partial charge in [0, 0.05) is 38.1 Å². The highest BCUT2D eigenvalue weighted by Crippen LogP contribution is 2.21. The minimum Gasteiger partial charge on any atom is -0.353 e. The van der Waals surface area contributed by atoms with Gasteiger partial charge in [-0.2, -0.15) is 0 Å². The lowest BCUT2D eigenvalue weighted by molar-refractivity contribution is 0.541. The van der Waals surface area contributed by atoms with Gasteiger partial charge in [-0.05, 0) is 32.9 Å². The number of anilines is 2. The van der Waals surface area contributed by atoms with Crippen LogP contribution in [-0.4, -0.2) is 45.6 Å². The third kappa shape index (κ3) is 2.94. The van der Waals surface area contributed by atoms with Gasteiger partial charge in [-0.15, -0.1) is 0 Å². The largest absolute Gasteiger partial charge is 0.353 e. The fourth-order valence-electron chi connectivity index (χ4n) is 2.73. The summed E-state index contributed by atoms with van der Waals surface area (Å²) in [4.78, 5) is 22.0. The Morgan fingerprint density at radius 1 is 0.952 bits per heavy atom. The Morgan fingerprint density at radius 2 is 1.57 bits per heavy atom. The van der Waals surface area contributed by atoms with Crippen LogP contribution in [0.5, 0.6) is 0 Å². The van der Waals surface area contributed by atoms with Crippen molar-refractivity contribution in [3.63, 3.8) is 0 Å². The molecule has 6 nitrogen and oxygen atoms in total. The molecule has 0 amide bonds. The molecule has 0 spiro atoms. The lowest BCUT2D eigenvalue weighted by Gasteiger charge is -2.41. The van der Waals surface area contributed by atoms with Crippen LogP contribution < -0.4 is 9.80 Å². The molecular weight excluding hydrogens is 264 g/mol. The van der Waals surface area contributed by atoms with Gasteiger partial charge in [0.2, 0.25) is 0 Å². The first-order valence-electron chi connectivity index (χ1n) is 7.24. The van der Waals surface area contributed by atoms with Gasteiger partial charge >= 0.3 is 0 Å². The van der Waals surface area contributed by atoms with Crippen molar-refractivity contribution in [3.8, 4) is 0 Å². The van der Waals surface area contributed by atoms with Gasteiger partial charge in [0.15, 0.2) is 0 Å². The molecule has 0 N–H and O–H groups in total. The smallest absolute Gasteiger partial charge is 0.132 e. The summed E-state index contributed by atoms with van der Waals surface area (Å²) < 4.78 is 0. The zero-order chi connectivity index (χ0) is 14.8. The number of rotatable bonds is 2. The topological polar surface area (TPSA) is 58.0 Å². The minimum atomic E-state index is 0.378. The first kappa shape index (κ1) is 13.7. The van der Waals surface area contributed by atoms with E-state index in [1.165, 1.54) is 0 Å². The Kier molecular flexibility index (Phi) is 3.68. The van der Waals surface area contributed by atoms with Crippen LogP contribution in [-0.2, 0) is 0 Å². The fraction of sp³-hybridized carbons (Fsp3) is 0.467. The number of nitrogens with zero attached hydrogens (tertiary/aromatic N) is 6. The van der Waals surface area contributed by atoms with Crippen LogP contribution in [0.4, 0.5) is 11.6 Å². The summed E-state index contributed by atoms with van der Waals surface area (Å²) in [5.41, 5.74) is 0. The van der Waals surface area contributed by atoms with E-state index in [0.29, 0.717) is 6.04 Å². The molecule has 6 heteroatoms. The van der Waals surface area contributed by atoms with Gasteiger partial charge < -0.3 is 9.80 Å². The molecule has 0 bridgehead atoms. The van der Waals surface area contributed by atoms with Crippen LogP contribution in [0.25, 0.3) is 0 Å². The van der Waals surface area contributed by atoms with E-state index in [9.17, 15) is 0 Å². The predicted octanol–water partition coefficient (Wildman–Crippen LogP) is 1.60. The van der Waals surface area contributed by atoms with Crippen molar-refractivity contribution in [2.75, 3.05) is 29.4 Å². The second-order valence-electron chi connectivity index (χ2n) is 5.41. The van der Waals surface area contributed by atoms with Crippen molar-refractivity contribution in [2.45, 2.75) is 26.8 Å². The maximum atomic E-state index is 4.53. The average molecular weight is 284 g/mol. The van der Waals surface area contributed by atoms with Crippen LogP contribution >= 0.6 is 0 Å². The third-order valence-corrected chi connectivity index (χ3v) is 3.77. The summed E-state index contributed by atoms with van der Waals surface area (Å²) in [5.74, 6) is 3.64. The second kappa shape index (κ2) is 5.63. The first-order valence-corrected chi connectivity index (χ1v) is 7.24. The van der Waals surface area contributed by atoms with E-state index in [-0.39, 0.29) is 0 Å². The maximum absolute atomic E-state index is 4.53. The Balaban J connectivity index is 1.75. The van der Waals surface area contributed by atoms with E-state index in [0.717, 1.165) is 42.9 Å². The van der Waals surface area contributed by atoms with E-state index < -0.39 is 0 Å². The molecule has 1 aliphatic heterocycles. The quantitative estimate of drug-likeness (QED) is 0.835. The molecule has 1 aliphatic rings. The normalized spacial score (nSPS) is 18.9. The molecule has 0 radical (unpaired) electrons. The zero-order valence-electron chi connectivity index (χ0n) is 12.7. The molecule has 0 unspecified atom stereocenters. The molecule has 0 aromatic carbocycles. The molecule has 110 valence electrons. The average Bonchev–Trinajstić information content (AvgIpc) is 2.47. The lowest BCUT2D eigenvalue weighted by atomic mass is 10.2. The van der Waals surface area contributed by atoms with E-state index in [4.69, 9.17) is 0 Å². The van der Waals surface area contributed by atoms with Crippen molar-refractivity contribution in [1.82, 2.24) is 19.9 Å². The van der Waals surface area contributed by atoms with Gasteiger partial charge in [-0.3, -0.25) is 0 Å². The number of hydrogen-bond acceptors (Lipinski definition) is 6. The number of aromatic nitrogens is 4. The fourth-order valence-corrected chi connectivity index (χ4v) is 2.73. The molecule has 0 aliphatic carbocycles. The second-order valence-corrected chi connectivity index (χ2v) is 5.41. The summed E-state index contributed by atoms with van der Waals surface area (Å²) in [6.45, 7) is 8.86. The molecular formula is C15H20N6. The molecule has 3 heterocycles. The number of aryl methyl sites for hydroxylation is 2. The summed E-state index contributed by atoms with van der Waals surface area (Å²) in [6, 6.07) is 4.33. The van der Waals surface area contributed by atoms with Crippen molar-refractivity contribution < 1.29 is 0 Å². The third-order valence-electron chi connectivity index (χ3n) is 3.77. The van der Waals surface area contributed by atoms with Crippen LogP contribution in [0, 0.1) is 13.8 Å². The van der Waals surface area contributed by atoms with Gasteiger partial charge in [-0.25, -0.2) is 19.9 Å². The van der Waals surface area contributed by atoms with E-state index >= 15 is 0 Å². The molecule has 1 saturated heterocycles. The monoisotopic (exact) mass is 284 g/mol. The first-order chi connectivity index (χ1) is 10.1. The molecule has 2 aromatic heterocycles. The predicted molar refractivity (Wildman–Crippen MR) is 82.6 cm³/mol. The van der Waals surface area contributed by atoms with Crippen LogP contribution in [0.15, 0.2) is 24.5 Å². The van der Waals surface area contributed by atoms with E-state index in [1.54, 1.807) is 0 Å². The lowest BCUT2D eigenvalue weighted by Crippen LogP contribution is -2.52. The number of hydrogen-bond donors (Lipinski definition) is 0. The highest BCUT2D eigenvalue weighted by atomic mass is 15.3. The number of piperazine rings is 1. The summed E-state index contributed by atoms with van der Waals surface area (Å²) >= 11 is 0. The molecule has 2 aromatic rings. The molecule has 1 atom stereocenters. The highest BCUT2D eigenvalue weighted by molar-refractivity contribution is 5.45. The van der Waals surface area contributed by atoms with Gasteiger partial charge in [0.05, 0.1) is 0 Å². The summed E-state index contributed by atoms with van der Waals surface area (Å²) in [5, 5.41) is 0. The Hall–Kier alpha value is -2.24. The Bertz CT molecular complexity index is 629. The highest BCUT2D eigenvalue weighted by Gasteiger charge is 2.25. The SMILES string of the molecule is Cc1nccc(N2CCN(c3ccnc(C)n3)[C@H](C)C2)n1. The van der Waals surface area contributed by atoms with Gasteiger partial charge in [0.25, 0.3) is 0 Å². The van der Waals surface area contributed by atoms with Gasteiger partial charge in [-0.1, -0.05) is 0 Å². The molecule has 1 fully saturated rings. The Morgan fingerprint density at radius 3 is 2.19 bits per heavy atom. The van der Waals surface area contributed by atoms with Crippen LogP contribution in [0.2, 0.25) is 0 Å². The zero-order valence-corrected chi connectivity index (χ0v) is 12.7. The molecule has 0 saturated carbocycles. The molecule has 21 heavy (non-hydrogen) atoms. The molecule has 3 rings (SSSR count). The van der Waals surface area contributed by atoms with Crippen molar-refractivity contribution in [2.24, 2.45) is 0 Å².